The van der Waals surface area contributed by atoms with Crippen molar-refractivity contribution >= 4 is 5.96 Å². The third-order valence-electron chi connectivity index (χ3n) is 5.13. The first-order chi connectivity index (χ1) is 11.2. The van der Waals surface area contributed by atoms with Crippen LogP contribution in [0.2, 0.25) is 0 Å². The molecule has 0 aliphatic carbocycles. The number of hydrogen-bond acceptors (Lipinski definition) is 3. The molecule has 3 saturated heterocycles. The minimum atomic E-state index is 0.245. The molecule has 0 radical (unpaired) electrons. The number of fused-ring (bicyclic) bond motifs is 3. The molecule has 5 nitrogen and oxygen atoms in total. The first-order valence-corrected chi connectivity index (χ1v) is 8.66. The fourth-order valence-corrected chi connectivity index (χ4v) is 3.68. The van der Waals surface area contributed by atoms with Gasteiger partial charge in [0.15, 0.2) is 5.96 Å². The topological polar surface area (TPSA) is 42.9 Å². The lowest BCUT2D eigenvalue weighted by Crippen LogP contribution is -2.63. The maximum Gasteiger partial charge on any atom is 0.191 e. The van der Waals surface area contributed by atoms with Gasteiger partial charge in [-0.1, -0.05) is 24.3 Å². The Labute approximate surface area is 139 Å². The van der Waals surface area contributed by atoms with Crippen molar-refractivity contribution in [3.8, 4) is 0 Å². The molecule has 23 heavy (non-hydrogen) atoms. The van der Waals surface area contributed by atoms with Crippen LogP contribution in [0.1, 0.15) is 24.1 Å². The van der Waals surface area contributed by atoms with Crippen molar-refractivity contribution in [2.45, 2.75) is 25.9 Å². The van der Waals surface area contributed by atoms with E-state index in [9.17, 15) is 0 Å². The Balaban J connectivity index is 1.53. The second-order valence-electron chi connectivity index (χ2n) is 6.67. The fourth-order valence-electron chi connectivity index (χ4n) is 3.68. The normalized spacial score (nSPS) is 28.5. The SMILES string of the molecule is CN=C(NCC1CN2CCN1CC2)NC(C)c1ccccc1C. The van der Waals surface area contributed by atoms with E-state index in [1.165, 1.54) is 43.9 Å². The molecule has 126 valence electrons. The van der Waals surface area contributed by atoms with Gasteiger partial charge in [-0.2, -0.15) is 0 Å². The minimum Gasteiger partial charge on any atom is -0.355 e. The van der Waals surface area contributed by atoms with Gasteiger partial charge in [-0.25, -0.2) is 0 Å². The Morgan fingerprint density at radius 3 is 2.61 bits per heavy atom. The van der Waals surface area contributed by atoms with E-state index >= 15 is 0 Å². The zero-order chi connectivity index (χ0) is 16.2. The van der Waals surface area contributed by atoms with Crippen molar-refractivity contribution in [3.05, 3.63) is 35.4 Å². The molecule has 3 aliphatic rings. The number of guanidine groups is 1. The maximum absolute atomic E-state index is 4.39. The summed E-state index contributed by atoms with van der Waals surface area (Å²) >= 11 is 0. The quantitative estimate of drug-likeness (QED) is 0.648. The van der Waals surface area contributed by atoms with E-state index in [4.69, 9.17) is 0 Å². The van der Waals surface area contributed by atoms with Crippen LogP contribution in [0.25, 0.3) is 0 Å². The summed E-state index contributed by atoms with van der Waals surface area (Å²) in [7, 11) is 1.84. The van der Waals surface area contributed by atoms with Crippen LogP contribution in [-0.4, -0.2) is 68.1 Å². The molecule has 1 aromatic rings. The summed E-state index contributed by atoms with van der Waals surface area (Å²) in [6.45, 7) is 11.3. The number of aryl methyl sites for hydroxylation is 1. The largest absolute Gasteiger partial charge is 0.355 e. The van der Waals surface area contributed by atoms with Gasteiger partial charge in [0.25, 0.3) is 0 Å². The van der Waals surface area contributed by atoms with Crippen LogP contribution >= 0.6 is 0 Å². The molecule has 2 unspecified atom stereocenters. The lowest BCUT2D eigenvalue weighted by atomic mass is 10.0. The molecule has 0 amide bonds. The van der Waals surface area contributed by atoms with Crippen molar-refractivity contribution in [2.75, 3.05) is 46.3 Å². The monoisotopic (exact) mass is 315 g/mol. The van der Waals surface area contributed by atoms with E-state index in [1.54, 1.807) is 0 Å². The van der Waals surface area contributed by atoms with Gasteiger partial charge in [0.1, 0.15) is 0 Å². The lowest BCUT2D eigenvalue weighted by molar-refractivity contribution is 0.0154. The Bertz CT molecular complexity index is 548. The molecule has 2 bridgehead atoms. The number of benzene rings is 1. The molecule has 3 fully saturated rings. The van der Waals surface area contributed by atoms with E-state index in [0.29, 0.717) is 6.04 Å². The summed E-state index contributed by atoms with van der Waals surface area (Å²) in [6.07, 6.45) is 0. The molecule has 1 aromatic carbocycles. The van der Waals surface area contributed by atoms with Crippen molar-refractivity contribution in [3.63, 3.8) is 0 Å². The smallest absolute Gasteiger partial charge is 0.191 e. The van der Waals surface area contributed by atoms with Gasteiger partial charge in [0.05, 0.1) is 6.04 Å². The highest BCUT2D eigenvalue weighted by atomic mass is 15.4. The standard InChI is InChI=1S/C18H29N5/c1-14-6-4-5-7-17(14)15(2)21-18(19-3)20-12-16-13-22-8-10-23(16)11-9-22/h4-7,15-16H,8-13H2,1-3H3,(H2,19,20,21). The fraction of sp³-hybridized carbons (Fsp3) is 0.611. The highest BCUT2D eigenvalue weighted by molar-refractivity contribution is 5.80. The summed E-state index contributed by atoms with van der Waals surface area (Å²) in [5, 5.41) is 7.03. The van der Waals surface area contributed by atoms with Crippen LogP contribution in [0.3, 0.4) is 0 Å². The molecule has 0 aromatic heterocycles. The summed E-state index contributed by atoms with van der Waals surface area (Å²) in [5.74, 6) is 0.887. The zero-order valence-corrected chi connectivity index (χ0v) is 14.5. The van der Waals surface area contributed by atoms with Gasteiger partial charge >= 0.3 is 0 Å². The van der Waals surface area contributed by atoms with Gasteiger partial charge < -0.3 is 10.6 Å². The number of nitrogens with zero attached hydrogens (tertiary/aromatic N) is 3. The molecule has 0 saturated carbocycles. The first kappa shape index (κ1) is 16.3. The molecular weight excluding hydrogens is 286 g/mol. The van der Waals surface area contributed by atoms with Crippen LogP contribution < -0.4 is 10.6 Å². The molecule has 5 heteroatoms. The van der Waals surface area contributed by atoms with Crippen LogP contribution in [0, 0.1) is 6.92 Å². The summed E-state index contributed by atoms with van der Waals surface area (Å²) < 4.78 is 0. The Hall–Kier alpha value is -1.59. The van der Waals surface area contributed by atoms with Gasteiger partial charge in [0.2, 0.25) is 0 Å². The molecule has 3 aliphatic heterocycles. The lowest BCUT2D eigenvalue weighted by Gasteiger charge is -2.47. The van der Waals surface area contributed by atoms with Crippen LogP contribution in [0.5, 0.6) is 0 Å². The number of piperazine rings is 3. The Morgan fingerprint density at radius 2 is 2.00 bits per heavy atom. The Kier molecular flexibility index (Phi) is 5.18. The summed E-state index contributed by atoms with van der Waals surface area (Å²) in [6, 6.07) is 9.36. The first-order valence-electron chi connectivity index (χ1n) is 8.66. The third kappa shape index (κ3) is 3.85. The molecule has 2 atom stereocenters. The van der Waals surface area contributed by atoms with Crippen LogP contribution in [-0.2, 0) is 0 Å². The third-order valence-corrected chi connectivity index (χ3v) is 5.13. The molecule has 0 spiro atoms. The number of hydrogen-bond donors (Lipinski definition) is 2. The van der Waals surface area contributed by atoms with Gasteiger partial charge in [0, 0.05) is 52.4 Å². The molecule has 4 rings (SSSR count). The maximum atomic E-state index is 4.39. The van der Waals surface area contributed by atoms with E-state index in [2.05, 4.69) is 63.5 Å². The highest BCUT2D eigenvalue weighted by Crippen LogP contribution is 2.17. The average molecular weight is 315 g/mol. The van der Waals surface area contributed by atoms with Gasteiger partial charge in [-0.3, -0.25) is 14.8 Å². The predicted molar refractivity (Wildman–Crippen MR) is 95.9 cm³/mol. The number of nitrogens with one attached hydrogen (secondary N) is 2. The molecular formula is C18H29N5. The van der Waals surface area contributed by atoms with E-state index in [0.717, 1.165) is 12.5 Å². The molecule has 3 heterocycles. The van der Waals surface area contributed by atoms with Crippen LogP contribution in [0.4, 0.5) is 0 Å². The van der Waals surface area contributed by atoms with Crippen molar-refractivity contribution < 1.29 is 0 Å². The second kappa shape index (κ2) is 7.32. The summed E-state index contributed by atoms with van der Waals surface area (Å²) in [4.78, 5) is 9.56. The predicted octanol–water partition coefficient (Wildman–Crippen LogP) is 1.22. The van der Waals surface area contributed by atoms with Crippen LogP contribution in [0.15, 0.2) is 29.3 Å². The Morgan fingerprint density at radius 1 is 1.26 bits per heavy atom. The summed E-state index contributed by atoms with van der Waals surface area (Å²) in [5.41, 5.74) is 2.63. The van der Waals surface area contributed by atoms with Gasteiger partial charge in [-0.05, 0) is 25.0 Å². The highest BCUT2D eigenvalue weighted by Gasteiger charge is 2.31. The van der Waals surface area contributed by atoms with Crippen molar-refractivity contribution in [2.24, 2.45) is 4.99 Å². The molecule has 2 N–H and O–H groups in total. The number of rotatable bonds is 4. The van der Waals surface area contributed by atoms with E-state index < -0.39 is 0 Å². The average Bonchev–Trinajstić information content (AvgIpc) is 2.59. The van der Waals surface area contributed by atoms with Crippen molar-refractivity contribution in [1.29, 1.82) is 0 Å². The van der Waals surface area contributed by atoms with E-state index in [1.807, 2.05) is 7.05 Å². The van der Waals surface area contributed by atoms with Gasteiger partial charge in [-0.15, -0.1) is 0 Å². The zero-order valence-electron chi connectivity index (χ0n) is 14.5. The minimum absolute atomic E-state index is 0.245. The van der Waals surface area contributed by atoms with E-state index in [-0.39, 0.29) is 6.04 Å². The second-order valence-corrected chi connectivity index (χ2v) is 6.67. The number of aliphatic imine (C=N–C) groups is 1. The van der Waals surface area contributed by atoms with Crippen molar-refractivity contribution in [1.82, 2.24) is 20.4 Å².